The summed E-state index contributed by atoms with van der Waals surface area (Å²) in [5.74, 6) is -1.91. The average Bonchev–Trinajstić information content (AvgIpc) is 2.38. The molecule has 21 heavy (non-hydrogen) atoms. The Labute approximate surface area is 120 Å². The molecular formula is C13H20F3NO4. The first kappa shape index (κ1) is 16.5. The molecule has 2 rings (SSSR count). The summed E-state index contributed by atoms with van der Waals surface area (Å²) < 4.78 is 50.1. The van der Waals surface area contributed by atoms with E-state index in [4.69, 9.17) is 14.6 Å². The molecule has 2 aliphatic heterocycles. The molecule has 0 aromatic carbocycles. The van der Waals surface area contributed by atoms with Crippen molar-refractivity contribution in [1.29, 1.82) is 0 Å². The molecule has 2 aliphatic rings. The van der Waals surface area contributed by atoms with Crippen LogP contribution >= 0.6 is 0 Å². The molecule has 0 amide bonds. The second-order valence-corrected chi connectivity index (χ2v) is 5.91. The maximum atomic E-state index is 13.0. The molecule has 2 fully saturated rings. The van der Waals surface area contributed by atoms with E-state index in [1.165, 1.54) is 0 Å². The quantitative estimate of drug-likeness (QED) is 0.830. The van der Waals surface area contributed by atoms with Crippen LogP contribution in [0.2, 0.25) is 0 Å². The molecule has 0 saturated carbocycles. The van der Waals surface area contributed by atoms with Gasteiger partial charge in [0.2, 0.25) is 5.54 Å². The highest BCUT2D eigenvalue weighted by atomic mass is 19.4. The largest absolute Gasteiger partial charge is 0.480 e. The van der Waals surface area contributed by atoms with Crippen molar-refractivity contribution in [3.05, 3.63) is 0 Å². The Morgan fingerprint density at radius 1 is 1.29 bits per heavy atom. The summed E-state index contributed by atoms with van der Waals surface area (Å²) in [6.07, 6.45) is -2.88. The Kier molecular flexibility index (Phi) is 4.51. The number of hydrogen-bond donors (Lipinski definition) is 2. The number of hydrogen-bond acceptors (Lipinski definition) is 4. The standard InChI is InChI=1S/C13H20F3NO4/c1-11(10(18)19,13(14,15)16)17-9-2-5-21-12(8-9)3-6-20-7-4-12/h9,17H,2-8H2,1H3,(H,18,19). The molecule has 2 N–H and O–H groups in total. The minimum atomic E-state index is -4.86. The van der Waals surface area contributed by atoms with Crippen molar-refractivity contribution in [3.63, 3.8) is 0 Å². The maximum Gasteiger partial charge on any atom is 0.417 e. The van der Waals surface area contributed by atoms with Gasteiger partial charge in [-0.05, 0) is 32.6 Å². The number of carbonyl (C=O) groups is 1. The number of carboxylic acids is 1. The topological polar surface area (TPSA) is 67.8 Å². The summed E-state index contributed by atoms with van der Waals surface area (Å²) in [4.78, 5) is 11.1. The molecule has 2 atom stereocenters. The molecule has 2 heterocycles. The van der Waals surface area contributed by atoms with E-state index in [2.05, 4.69) is 5.32 Å². The van der Waals surface area contributed by atoms with Gasteiger partial charge in [0, 0.05) is 25.9 Å². The first-order valence-electron chi connectivity index (χ1n) is 6.98. The molecule has 1 spiro atoms. The second-order valence-electron chi connectivity index (χ2n) is 5.91. The van der Waals surface area contributed by atoms with E-state index in [1.54, 1.807) is 0 Å². The van der Waals surface area contributed by atoms with Gasteiger partial charge in [0.25, 0.3) is 0 Å². The fourth-order valence-electron chi connectivity index (χ4n) is 2.92. The van der Waals surface area contributed by atoms with Gasteiger partial charge >= 0.3 is 12.1 Å². The van der Waals surface area contributed by atoms with E-state index in [0.717, 1.165) is 0 Å². The number of ether oxygens (including phenoxy) is 2. The number of halogens is 3. The van der Waals surface area contributed by atoms with Crippen molar-refractivity contribution < 1.29 is 32.5 Å². The Balaban J connectivity index is 2.09. The zero-order valence-electron chi connectivity index (χ0n) is 11.8. The van der Waals surface area contributed by atoms with Crippen LogP contribution in [0, 0.1) is 0 Å². The summed E-state index contributed by atoms with van der Waals surface area (Å²) in [7, 11) is 0. The predicted molar refractivity (Wildman–Crippen MR) is 67.0 cm³/mol. The molecule has 2 unspecified atom stereocenters. The van der Waals surface area contributed by atoms with E-state index >= 15 is 0 Å². The van der Waals surface area contributed by atoms with Crippen LogP contribution in [0.5, 0.6) is 0 Å². The summed E-state index contributed by atoms with van der Waals surface area (Å²) in [6, 6.07) is -0.542. The summed E-state index contributed by atoms with van der Waals surface area (Å²) >= 11 is 0. The van der Waals surface area contributed by atoms with Gasteiger partial charge in [-0.3, -0.25) is 5.32 Å². The van der Waals surface area contributed by atoms with Gasteiger partial charge in [0.05, 0.1) is 5.60 Å². The second kappa shape index (κ2) is 5.73. The van der Waals surface area contributed by atoms with Gasteiger partial charge in [-0.1, -0.05) is 0 Å². The van der Waals surface area contributed by atoms with Gasteiger partial charge in [-0.2, -0.15) is 13.2 Å². The molecule has 0 bridgehead atoms. The number of alkyl halides is 3. The minimum Gasteiger partial charge on any atom is -0.480 e. The molecule has 0 aromatic rings. The molecule has 0 radical (unpaired) electrons. The van der Waals surface area contributed by atoms with Crippen LogP contribution < -0.4 is 5.32 Å². The average molecular weight is 311 g/mol. The van der Waals surface area contributed by atoms with Crippen molar-refractivity contribution in [1.82, 2.24) is 5.32 Å². The lowest BCUT2D eigenvalue weighted by Crippen LogP contribution is -2.65. The molecule has 2 saturated heterocycles. The summed E-state index contributed by atoms with van der Waals surface area (Å²) in [5.41, 5.74) is -3.43. The first-order valence-corrected chi connectivity index (χ1v) is 6.98. The van der Waals surface area contributed by atoms with Crippen LogP contribution in [0.25, 0.3) is 0 Å². The molecule has 0 aliphatic carbocycles. The van der Waals surface area contributed by atoms with Crippen molar-refractivity contribution in [3.8, 4) is 0 Å². The Morgan fingerprint density at radius 2 is 1.90 bits per heavy atom. The SMILES string of the molecule is CC(NC1CCOC2(CCOCC2)C1)(C(=O)O)C(F)(F)F. The smallest absolute Gasteiger partial charge is 0.417 e. The fraction of sp³-hybridized carbons (Fsp3) is 0.923. The summed E-state index contributed by atoms with van der Waals surface area (Å²) in [5, 5.41) is 11.3. The van der Waals surface area contributed by atoms with E-state index in [-0.39, 0.29) is 0 Å². The van der Waals surface area contributed by atoms with Crippen molar-refractivity contribution in [2.45, 2.75) is 56.0 Å². The highest BCUT2D eigenvalue weighted by molar-refractivity contribution is 5.79. The third-order valence-electron chi connectivity index (χ3n) is 4.38. The van der Waals surface area contributed by atoms with Crippen molar-refractivity contribution >= 4 is 5.97 Å². The Hall–Kier alpha value is -0.860. The zero-order valence-corrected chi connectivity index (χ0v) is 11.8. The monoisotopic (exact) mass is 311 g/mol. The molecule has 122 valence electrons. The molecule has 8 heteroatoms. The third-order valence-corrected chi connectivity index (χ3v) is 4.38. The lowest BCUT2D eigenvalue weighted by Gasteiger charge is -2.45. The van der Waals surface area contributed by atoms with Gasteiger partial charge in [-0.15, -0.1) is 0 Å². The predicted octanol–water partition coefficient (Wildman–Crippen LogP) is 1.71. The molecule has 0 aromatic heterocycles. The van der Waals surface area contributed by atoms with Crippen molar-refractivity contribution in [2.24, 2.45) is 0 Å². The normalized spacial score (nSPS) is 29.0. The third kappa shape index (κ3) is 3.32. The van der Waals surface area contributed by atoms with E-state index in [0.29, 0.717) is 52.4 Å². The fourth-order valence-corrected chi connectivity index (χ4v) is 2.92. The van der Waals surface area contributed by atoms with Crippen molar-refractivity contribution in [2.75, 3.05) is 19.8 Å². The summed E-state index contributed by atoms with van der Waals surface area (Å²) in [6.45, 7) is 2.02. The van der Waals surface area contributed by atoms with Crippen LogP contribution in [0.1, 0.15) is 32.6 Å². The molecular weight excluding hydrogens is 291 g/mol. The Morgan fingerprint density at radius 3 is 2.43 bits per heavy atom. The number of rotatable bonds is 3. The Bertz CT molecular complexity index is 390. The van der Waals surface area contributed by atoms with Crippen LogP contribution in [-0.4, -0.2) is 54.3 Å². The van der Waals surface area contributed by atoms with Gasteiger partial charge in [-0.25, -0.2) is 4.79 Å². The zero-order chi connectivity index (χ0) is 15.7. The van der Waals surface area contributed by atoms with Gasteiger partial charge in [0.1, 0.15) is 0 Å². The van der Waals surface area contributed by atoms with E-state index in [1.807, 2.05) is 0 Å². The lowest BCUT2D eigenvalue weighted by molar-refractivity contribution is -0.212. The van der Waals surface area contributed by atoms with E-state index < -0.39 is 29.3 Å². The first-order chi connectivity index (χ1) is 9.69. The van der Waals surface area contributed by atoms with Crippen LogP contribution in [0.15, 0.2) is 0 Å². The highest BCUT2D eigenvalue weighted by Gasteiger charge is 2.58. The number of carboxylic acid groups (broad SMARTS) is 1. The van der Waals surface area contributed by atoms with E-state index in [9.17, 15) is 18.0 Å². The number of aliphatic carboxylic acids is 1. The number of nitrogens with one attached hydrogen (secondary N) is 1. The van der Waals surface area contributed by atoms with Gasteiger partial charge < -0.3 is 14.6 Å². The van der Waals surface area contributed by atoms with Crippen LogP contribution in [0.4, 0.5) is 13.2 Å². The highest BCUT2D eigenvalue weighted by Crippen LogP contribution is 2.37. The minimum absolute atomic E-state index is 0.325. The lowest BCUT2D eigenvalue weighted by atomic mass is 9.83. The van der Waals surface area contributed by atoms with Gasteiger partial charge in [0.15, 0.2) is 0 Å². The van der Waals surface area contributed by atoms with Crippen LogP contribution in [-0.2, 0) is 14.3 Å². The molecule has 5 nitrogen and oxygen atoms in total. The maximum absolute atomic E-state index is 13.0. The van der Waals surface area contributed by atoms with Crippen LogP contribution in [0.3, 0.4) is 0 Å².